The third kappa shape index (κ3) is 6.15. The summed E-state index contributed by atoms with van der Waals surface area (Å²) in [5.41, 5.74) is 5.63. The van der Waals surface area contributed by atoms with Gasteiger partial charge in [-0.2, -0.15) is 4.79 Å². The number of nitrogens with two attached hydrogens (primary N) is 1. The quantitative estimate of drug-likeness (QED) is 0.218. The van der Waals surface area contributed by atoms with Crippen LogP contribution >= 0.6 is 0 Å². The van der Waals surface area contributed by atoms with Crippen molar-refractivity contribution in [3.63, 3.8) is 0 Å². The van der Waals surface area contributed by atoms with Crippen molar-refractivity contribution >= 4 is 29.0 Å². The number of hydrogen-bond acceptors (Lipinski definition) is 8. The Labute approximate surface area is 270 Å². The number of imide groups is 1. The zero-order valence-electron chi connectivity index (χ0n) is 28.1. The van der Waals surface area contributed by atoms with E-state index in [0.29, 0.717) is 35.6 Å². The van der Waals surface area contributed by atoms with Crippen LogP contribution in [0.5, 0.6) is 11.5 Å². The van der Waals surface area contributed by atoms with Crippen molar-refractivity contribution in [1.82, 2.24) is 4.98 Å². The van der Waals surface area contributed by atoms with Gasteiger partial charge in [0.15, 0.2) is 6.10 Å². The Morgan fingerprint density at radius 2 is 1.65 bits per heavy atom. The summed E-state index contributed by atoms with van der Waals surface area (Å²) in [5, 5.41) is 0.734. The molecule has 246 valence electrons. The summed E-state index contributed by atoms with van der Waals surface area (Å²) in [4.78, 5) is 46.7. The number of carbonyl (C=O) groups excluding carboxylic acids is 3. The van der Waals surface area contributed by atoms with E-state index in [0.717, 1.165) is 10.9 Å². The first-order valence-corrected chi connectivity index (χ1v) is 15.9. The van der Waals surface area contributed by atoms with Crippen LogP contribution in [0.3, 0.4) is 0 Å². The highest BCUT2D eigenvalue weighted by molar-refractivity contribution is 5.89. The molecule has 2 fully saturated rings. The molecular weight excluding hydrogens is 586 g/mol. The SMILES string of the molecule is CCC1CC1(C(=O)OC(C)(C)C)C1CC(Oc2cc(-c3ccccc3)nc3cc(OC)ccc23)C[N+]1(C(N)=O)C(=O)OC(C)(C)C. The molecule has 10 nitrogen and oxygen atoms in total. The number of quaternary nitrogens is 1. The molecule has 1 saturated carbocycles. The highest BCUT2D eigenvalue weighted by atomic mass is 16.6. The number of likely N-dealkylation sites (tertiary alicyclic amines) is 1. The number of ether oxygens (including phenoxy) is 4. The monoisotopic (exact) mass is 632 g/mol. The van der Waals surface area contributed by atoms with Crippen molar-refractivity contribution in [2.75, 3.05) is 13.7 Å². The molecule has 2 heterocycles. The van der Waals surface area contributed by atoms with Crippen molar-refractivity contribution in [1.29, 1.82) is 0 Å². The van der Waals surface area contributed by atoms with E-state index in [1.807, 2.05) is 61.5 Å². The molecule has 10 heteroatoms. The van der Waals surface area contributed by atoms with Crippen LogP contribution in [0.25, 0.3) is 22.2 Å². The highest BCUT2D eigenvalue weighted by Gasteiger charge is 2.77. The van der Waals surface area contributed by atoms with Crippen molar-refractivity contribution < 1.29 is 37.8 Å². The Hall–Kier alpha value is -4.18. The van der Waals surface area contributed by atoms with Gasteiger partial charge < -0.3 is 24.7 Å². The smallest absolute Gasteiger partial charge is 0.497 e. The van der Waals surface area contributed by atoms with Gasteiger partial charge in [-0.3, -0.25) is 4.79 Å². The lowest BCUT2D eigenvalue weighted by Crippen LogP contribution is -2.67. The first-order chi connectivity index (χ1) is 21.5. The van der Waals surface area contributed by atoms with E-state index >= 15 is 0 Å². The van der Waals surface area contributed by atoms with Crippen LogP contribution in [0.15, 0.2) is 54.6 Å². The molecule has 5 unspecified atom stereocenters. The van der Waals surface area contributed by atoms with E-state index in [1.165, 1.54) is 0 Å². The lowest BCUT2D eigenvalue weighted by atomic mass is 9.88. The van der Waals surface area contributed by atoms with E-state index in [1.54, 1.807) is 48.7 Å². The van der Waals surface area contributed by atoms with Crippen LogP contribution in [-0.2, 0) is 14.3 Å². The Balaban J connectivity index is 1.62. The molecule has 0 spiro atoms. The van der Waals surface area contributed by atoms with Crippen molar-refractivity contribution in [3.05, 3.63) is 54.6 Å². The fourth-order valence-corrected chi connectivity index (χ4v) is 6.88. The topological polar surface area (TPSA) is 127 Å². The highest BCUT2D eigenvalue weighted by Crippen LogP contribution is 2.63. The molecule has 3 amide bonds. The number of rotatable bonds is 7. The van der Waals surface area contributed by atoms with E-state index in [9.17, 15) is 14.4 Å². The summed E-state index contributed by atoms with van der Waals surface area (Å²) in [7, 11) is 1.60. The fraction of sp³-hybridized carbons (Fsp3) is 0.500. The van der Waals surface area contributed by atoms with Gasteiger partial charge in [0, 0.05) is 29.5 Å². The van der Waals surface area contributed by atoms with Gasteiger partial charge in [-0.25, -0.2) is 9.78 Å². The van der Waals surface area contributed by atoms with Crippen LogP contribution < -0.4 is 15.2 Å². The third-order valence-corrected chi connectivity index (χ3v) is 8.98. The number of aromatic nitrogens is 1. The maximum atomic E-state index is 14.1. The second kappa shape index (κ2) is 11.9. The second-order valence-corrected chi connectivity index (χ2v) is 14.5. The molecule has 3 aromatic rings. The van der Waals surface area contributed by atoms with Gasteiger partial charge in [0.25, 0.3) is 0 Å². The fourth-order valence-electron chi connectivity index (χ4n) is 6.88. The zero-order valence-corrected chi connectivity index (χ0v) is 28.1. The van der Waals surface area contributed by atoms with Crippen LogP contribution in [0, 0.1) is 11.3 Å². The van der Waals surface area contributed by atoms with Crippen molar-refractivity contribution in [2.24, 2.45) is 17.1 Å². The van der Waals surface area contributed by atoms with Crippen LogP contribution in [-0.4, -0.2) is 64.6 Å². The number of carbonyl (C=O) groups is 3. The molecule has 2 aromatic carbocycles. The van der Waals surface area contributed by atoms with E-state index in [-0.39, 0.29) is 18.9 Å². The largest absolute Gasteiger partial charge is 0.526 e. The summed E-state index contributed by atoms with van der Waals surface area (Å²) in [6.45, 7) is 12.5. The lowest BCUT2D eigenvalue weighted by Gasteiger charge is -2.37. The van der Waals surface area contributed by atoms with Gasteiger partial charge in [-0.15, -0.1) is 4.48 Å². The van der Waals surface area contributed by atoms with Gasteiger partial charge in [-0.05, 0) is 66.0 Å². The number of urea groups is 1. The number of pyridine rings is 1. The molecule has 5 atom stereocenters. The molecule has 1 aromatic heterocycles. The minimum absolute atomic E-state index is 0.0932. The molecular formula is C36H46N3O7+. The first kappa shape index (κ1) is 33.2. The Morgan fingerprint density at radius 1 is 0.978 bits per heavy atom. The minimum Gasteiger partial charge on any atom is -0.497 e. The Bertz CT molecular complexity index is 1650. The maximum absolute atomic E-state index is 14.1. The number of hydrogen-bond donors (Lipinski definition) is 1. The molecule has 1 aliphatic carbocycles. The number of methoxy groups -OCH3 is 1. The number of nitrogens with zero attached hydrogens (tertiary/aromatic N) is 2. The van der Waals surface area contributed by atoms with Crippen molar-refractivity contribution in [3.8, 4) is 22.8 Å². The average Bonchev–Trinajstić information content (AvgIpc) is 3.60. The predicted molar refractivity (Wildman–Crippen MR) is 174 cm³/mol. The molecule has 46 heavy (non-hydrogen) atoms. The molecule has 0 bridgehead atoms. The van der Waals surface area contributed by atoms with Crippen molar-refractivity contribution in [2.45, 2.75) is 91.1 Å². The first-order valence-electron chi connectivity index (χ1n) is 15.9. The molecule has 1 aliphatic heterocycles. The summed E-state index contributed by atoms with van der Waals surface area (Å²) in [6.07, 6.45) is -0.111. The average molecular weight is 633 g/mol. The van der Waals surface area contributed by atoms with Gasteiger partial charge in [-0.1, -0.05) is 43.7 Å². The summed E-state index contributed by atoms with van der Waals surface area (Å²) in [5.74, 6) is 0.644. The Kier molecular flexibility index (Phi) is 8.57. The number of fused-ring (bicyclic) bond motifs is 1. The van der Waals surface area contributed by atoms with E-state index < -0.39 is 51.3 Å². The van der Waals surface area contributed by atoms with Crippen LogP contribution in [0.4, 0.5) is 9.59 Å². The Morgan fingerprint density at radius 3 is 2.22 bits per heavy atom. The van der Waals surface area contributed by atoms with Gasteiger partial charge in [0.2, 0.25) is 0 Å². The summed E-state index contributed by atoms with van der Waals surface area (Å²) >= 11 is 0. The second-order valence-electron chi connectivity index (χ2n) is 14.5. The number of esters is 1. The summed E-state index contributed by atoms with van der Waals surface area (Å²) < 4.78 is 23.2. The molecule has 0 radical (unpaired) electrons. The standard InChI is InChI=1S/C36H45N3O7/c1-9-23-20-36(23,31(40)45-34(2,3)4)30-18-25(21-39(30,32(37)41)33(42)46-35(5,6)7)44-29-19-27(22-13-11-10-12-14-22)38-28-17-24(43-8)15-16-26(28)29/h10-17,19,23,25,30H,9,18,20-21H2,1-8H3,(H-,37,41)/p+1. The molecule has 5 rings (SSSR count). The van der Waals surface area contributed by atoms with Crippen LogP contribution in [0.1, 0.15) is 67.7 Å². The normalized spacial score (nSPS) is 26.0. The minimum atomic E-state index is -1.10. The van der Waals surface area contributed by atoms with E-state index in [2.05, 4.69) is 0 Å². The zero-order chi connectivity index (χ0) is 33.7. The maximum Gasteiger partial charge on any atom is 0.526 e. The molecule has 2 N–H and O–H groups in total. The number of primary amides is 1. The molecule has 1 saturated heterocycles. The summed E-state index contributed by atoms with van der Waals surface area (Å²) in [6, 6.07) is 15.4. The van der Waals surface area contributed by atoms with Gasteiger partial charge >= 0.3 is 18.1 Å². The van der Waals surface area contributed by atoms with Gasteiger partial charge in [0.1, 0.15) is 40.7 Å². The number of amides is 3. The van der Waals surface area contributed by atoms with E-state index in [4.69, 9.17) is 29.7 Å². The third-order valence-electron chi connectivity index (χ3n) is 8.98. The lowest BCUT2D eigenvalue weighted by molar-refractivity contribution is -0.796. The number of benzene rings is 2. The predicted octanol–water partition coefficient (Wildman–Crippen LogP) is 7.02. The van der Waals surface area contributed by atoms with Gasteiger partial charge in [0.05, 0.1) is 18.3 Å². The molecule has 2 aliphatic rings. The van der Waals surface area contributed by atoms with Crippen LogP contribution in [0.2, 0.25) is 0 Å².